The fraction of sp³-hybridized carbons (Fsp3) is 0.167. The summed E-state index contributed by atoms with van der Waals surface area (Å²) in [6.45, 7) is 3.45. The smallest absolute Gasteiger partial charge is 0.259 e. The van der Waals surface area contributed by atoms with Gasteiger partial charge in [0.25, 0.3) is 0 Å². The van der Waals surface area contributed by atoms with E-state index in [2.05, 4.69) is 25.7 Å². The maximum Gasteiger partial charge on any atom is 0.363 e. The first kappa shape index (κ1) is 12.9. The number of hydrogen-bond acceptors (Lipinski definition) is 5. The monoisotopic (exact) mass is 261 g/mol. The summed E-state index contributed by atoms with van der Waals surface area (Å²) in [5.41, 5.74) is 4.05. The minimum Gasteiger partial charge on any atom is -0.259 e. The van der Waals surface area contributed by atoms with E-state index in [1.54, 1.807) is 26.0 Å². The number of nitrogens with one attached hydrogen (secondary N) is 2. The van der Waals surface area contributed by atoms with Crippen LogP contribution >= 0.6 is 0 Å². The molecule has 19 heavy (non-hydrogen) atoms. The number of aromatic nitrogens is 3. The predicted molar refractivity (Wildman–Crippen MR) is 69.6 cm³/mol. The average Bonchev–Trinajstić information content (AvgIpc) is 2.40. The Hall–Kier alpha value is -2.57. The summed E-state index contributed by atoms with van der Waals surface area (Å²) >= 11 is 0. The molecule has 2 aromatic rings. The van der Waals surface area contributed by atoms with Gasteiger partial charge < -0.3 is 0 Å². The zero-order valence-electron chi connectivity index (χ0n) is 10.4. The molecule has 0 aliphatic rings. The Labute approximate surface area is 108 Å². The Morgan fingerprint density at radius 1 is 1.37 bits per heavy atom. The highest BCUT2D eigenvalue weighted by molar-refractivity contribution is 5.98. The molecule has 0 saturated carbocycles. The Morgan fingerprint density at radius 3 is 2.74 bits per heavy atom. The number of anilines is 1. The lowest BCUT2D eigenvalue weighted by Crippen LogP contribution is -2.16. The first-order valence-electron chi connectivity index (χ1n) is 5.56. The molecule has 0 aliphatic carbocycles. The molecule has 0 spiro atoms. The highest BCUT2D eigenvalue weighted by atomic mass is 19.1. The number of benzene rings is 1. The van der Waals surface area contributed by atoms with Crippen molar-refractivity contribution in [1.82, 2.24) is 15.2 Å². The average molecular weight is 261 g/mol. The first-order chi connectivity index (χ1) is 9.06. The van der Waals surface area contributed by atoms with Crippen LogP contribution in [0.2, 0.25) is 0 Å². The molecule has 1 heterocycles. The lowest BCUT2D eigenvalue weighted by atomic mass is 10.1. The molecule has 2 rings (SSSR count). The van der Waals surface area contributed by atoms with Gasteiger partial charge in [0.15, 0.2) is 5.82 Å². The molecule has 0 fully saturated rings. The van der Waals surface area contributed by atoms with E-state index in [0.29, 0.717) is 11.4 Å². The van der Waals surface area contributed by atoms with Gasteiger partial charge in [-0.3, -0.25) is 5.43 Å². The highest BCUT2D eigenvalue weighted by Gasteiger charge is 2.02. The van der Waals surface area contributed by atoms with E-state index >= 15 is 0 Å². The molecule has 0 atom stereocenters. The van der Waals surface area contributed by atoms with Crippen LogP contribution in [0.5, 0.6) is 0 Å². The van der Waals surface area contributed by atoms with Crippen LogP contribution in [0.25, 0.3) is 0 Å². The van der Waals surface area contributed by atoms with Crippen LogP contribution in [0.15, 0.2) is 34.2 Å². The third-order valence-electron chi connectivity index (χ3n) is 2.47. The summed E-state index contributed by atoms with van der Waals surface area (Å²) < 4.78 is 12.8. The maximum atomic E-state index is 12.8. The standard InChI is InChI=1S/C12H12FN5O/c1-7(9-3-5-10(13)6-4-9)15-17-11-8(2)16-18-12(19)14-11/h3-6H,1-2H3,(H2,14,17,18,19)/b15-7-. The topological polar surface area (TPSA) is 83.0 Å². The molecule has 6 nitrogen and oxygen atoms in total. The van der Waals surface area contributed by atoms with E-state index in [1.807, 2.05) is 0 Å². The van der Waals surface area contributed by atoms with Crippen LogP contribution in [0.3, 0.4) is 0 Å². The van der Waals surface area contributed by atoms with Gasteiger partial charge in [0.05, 0.1) is 5.71 Å². The lowest BCUT2D eigenvalue weighted by molar-refractivity contribution is 0.628. The summed E-state index contributed by atoms with van der Waals surface area (Å²) in [6.07, 6.45) is 0. The third-order valence-corrected chi connectivity index (χ3v) is 2.47. The Morgan fingerprint density at radius 2 is 2.05 bits per heavy atom. The molecule has 0 aliphatic heterocycles. The van der Waals surface area contributed by atoms with Gasteiger partial charge in [-0.25, -0.2) is 14.3 Å². The predicted octanol–water partition coefficient (Wildman–Crippen LogP) is 1.45. The lowest BCUT2D eigenvalue weighted by Gasteiger charge is -2.04. The molecule has 0 amide bonds. The van der Waals surface area contributed by atoms with Crippen molar-refractivity contribution in [3.8, 4) is 0 Å². The first-order valence-corrected chi connectivity index (χ1v) is 5.56. The molecule has 0 saturated heterocycles. The number of hydrogen-bond donors (Lipinski definition) is 2. The van der Waals surface area contributed by atoms with E-state index < -0.39 is 5.69 Å². The number of halogens is 1. The molecule has 7 heteroatoms. The molecule has 0 unspecified atom stereocenters. The third kappa shape index (κ3) is 3.21. The largest absolute Gasteiger partial charge is 0.363 e. The molecule has 1 aromatic carbocycles. The molecule has 0 radical (unpaired) electrons. The van der Waals surface area contributed by atoms with Gasteiger partial charge in [-0.05, 0) is 31.5 Å². The van der Waals surface area contributed by atoms with Gasteiger partial charge in [-0.2, -0.15) is 15.2 Å². The van der Waals surface area contributed by atoms with Gasteiger partial charge >= 0.3 is 5.69 Å². The van der Waals surface area contributed by atoms with Crippen molar-refractivity contribution in [1.29, 1.82) is 0 Å². The Balaban J connectivity index is 2.20. The quantitative estimate of drug-likeness (QED) is 0.647. The second-order valence-corrected chi connectivity index (χ2v) is 3.89. The second kappa shape index (κ2) is 5.38. The summed E-state index contributed by atoms with van der Waals surface area (Å²) in [5.74, 6) is -0.0222. The molecule has 0 bridgehead atoms. The van der Waals surface area contributed by atoms with Crippen molar-refractivity contribution in [2.75, 3.05) is 5.43 Å². The zero-order chi connectivity index (χ0) is 13.8. The van der Waals surface area contributed by atoms with E-state index in [0.717, 1.165) is 5.56 Å². The fourth-order valence-electron chi connectivity index (χ4n) is 1.39. The van der Waals surface area contributed by atoms with Crippen molar-refractivity contribution in [2.24, 2.45) is 5.10 Å². The normalized spacial score (nSPS) is 11.4. The number of nitrogens with zero attached hydrogens (tertiary/aromatic N) is 3. The number of H-pyrrole nitrogens is 1. The van der Waals surface area contributed by atoms with E-state index in [4.69, 9.17) is 0 Å². The van der Waals surface area contributed by atoms with Gasteiger partial charge in [0.1, 0.15) is 11.5 Å². The summed E-state index contributed by atoms with van der Waals surface area (Å²) in [7, 11) is 0. The fourth-order valence-corrected chi connectivity index (χ4v) is 1.39. The number of hydrazone groups is 1. The number of aryl methyl sites for hydroxylation is 1. The van der Waals surface area contributed by atoms with Crippen molar-refractivity contribution < 1.29 is 4.39 Å². The SMILES string of the molecule is C/C(=N/Nc1nc(=O)[nH]nc1C)c1ccc(F)cc1. The molecular formula is C12H12FN5O. The van der Waals surface area contributed by atoms with Gasteiger partial charge in [0, 0.05) is 0 Å². The minimum atomic E-state index is -0.553. The van der Waals surface area contributed by atoms with Gasteiger partial charge in [-0.1, -0.05) is 12.1 Å². The molecule has 98 valence electrons. The maximum absolute atomic E-state index is 12.8. The summed E-state index contributed by atoms with van der Waals surface area (Å²) in [6, 6.07) is 5.94. The van der Waals surface area contributed by atoms with Crippen molar-refractivity contribution in [3.63, 3.8) is 0 Å². The minimum absolute atomic E-state index is 0.283. The van der Waals surface area contributed by atoms with E-state index in [9.17, 15) is 9.18 Å². The van der Waals surface area contributed by atoms with Crippen LogP contribution in [0.4, 0.5) is 10.2 Å². The van der Waals surface area contributed by atoms with Gasteiger partial charge in [0.2, 0.25) is 0 Å². The van der Waals surface area contributed by atoms with Crippen molar-refractivity contribution in [3.05, 3.63) is 51.8 Å². The zero-order valence-corrected chi connectivity index (χ0v) is 10.4. The summed E-state index contributed by atoms with van der Waals surface area (Å²) in [4.78, 5) is 14.7. The number of rotatable bonds is 3. The Kier molecular flexibility index (Phi) is 3.65. The molecular weight excluding hydrogens is 249 g/mol. The van der Waals surface area contributed by atoms with Crippen molar-refractivity contribution in [2.45, 2.75) is 13.8 Å². The molecule has 2 N–H and O–H groups in total. The molecule has 1 aromatic heterocycles. The van der Waals surface area contributed by atoms with Crippen LogP contribution in [0.1, 0.15) is 18.2 Å². The van der Waals surface area contributed by atoms with Crippen LogP contribution < -0.4 is 11.1 Å². The van der Waals surface area contributed by atoms with Crippen molar-refractivity contribution >= 4 is 11.5 Å². The number of aromatic amines is 1. The summed E-state index contributed by atoms with van der Waals surface area (Å²) in [5, 5.41) is 10.1. The van der Waals surface area contributed by atoms with Gasteiger partial charge in [-0.15, -0.1) is 0 Å². The van der Waals surface area contributed by atoms with E-state index in [1.165, 1.54) is 12.1 Å². The highest BCUT2D eigenvalue weighted by Crippen LogP contribution is 2.07. The van der Waals surface area contributed by atoms with Crippen LogP contribution in [-0.4, -0.2) is 20.9 Å². The van der Waals surface area contributed by atoms with Crippen LogP contribution in [0, 0.1) is 12.7 Å². The second-order valence-electron chi connectivity index (χ2n) is 3.89. The Bertz CT molecular complexity index is 663. The van der Waals surface area contributed by atoms with E-state index in [-0.39, 0.29) is 11.6 Å². The van der Waals surface area contributed by atoms with Crippen LogP contribution in [-0.2, 0) is 0 Å².